The molecule has 0 saturated carbocycles. The minimum atomic E-state index is -1.52. The number of ether oxygens (including phenoxy) is 1. The Bertz CT molecular complexity index is 1350. The smallest absolute Gasteiger partial charge is 0.254 e. The Kier molecular flexibility index (Phi) is 6.12. The molecule has 2 aromatic carbocycles. The maximum absolute atomic E-state index is 13.2. The highest BCUT2D eigenvalue weighted by molar-refractivity contribution is 6.00. The molecule has 3 heterocycles. The molecular formula is C25H26N4O7. The standard InChI is InChI=1S/C25H26N4O7/c1-14(30)10-26-22(31)16-4-3-15-8-21(36-20(15)7-16)25(24(33)27-13-35-28-25)12-29-11-17-5-6-18(34-2)9-19(17)23(29)32/h3-9,14,28,30H,10-13H2,1-2H3,(H,26,31)(H,27,33)/t14-,25+/m1/s1. The number of rotatable bonds is 7. The van der Waals surface area contributed by atoms with Crippen LogP contribution in [0.3, 0.4) is 0 Å². The molecule has 0 unspecified atom stereocenters. The first kappa shape index (κ1) is 23.8. The van der Waals surface area contributed by atoms with Gasteiger partial charge in [0.1, 0.15) is 23.8 Å². The number of nitrogens with zero attached hydrogens (tertiary/aromatic N) is 1. The second kappa shape index (κ2) is 9.26. The summed E-state index contributed by atoms with van der Waals surface area (Å²) < 4.78 is 11.3. The van der Waals surface area contributed by atoms with Crippen LogP contribution in [0.5, 0.6) is 5.75 Å². The number of fused-ring (bicyclic) bond motifs is 2. The van der Waals surface area contributed by atoms with Gasteiger partial charge in [0.05, 0.1) is 19.8 Å². The summed E-state index contributed by atoms with van der Waals surface area (Å²) in [6, 6.07) is 11.9. The molecule has 2 aliphatic heterocycles. The van der Waals surface area contributed by atoms with Gasteiger partial charge in [0.25, 0.3) is 17.7 Å². The molecule has 0 spiro atoms. The topological polar surface area (TPSA) is 142 Å². The van der Waals surface area contributed by atoms with Gasteiger partial charge in [0.2, 0.25) is 0 Å². The summed E-state index contributed by atoms with van der Waals surface area (Å²) in [5.41, 5.74) is 3.34. The number of nitrogens with one attached hydrogen (secondary N) is 3. The van der Waals surface area contributed by atoms with Crippen LogP contribution in [-0.4, -0.2) is 60.8 Å². The van der Waals surface area contributed by atoms with Crippen molar-refractivity contribution in [2.75, 3.05) is 26.9 Å². The molecular weight excluding hydrogens is 468 g/mol. The van der Waals surface area contributed by atoms with Crippen molar-refractivity contribution in [3.63, 3.8) is 0 Å². The number of amides is 3. The number of benzene rings is 2. The van der Waals surface area contributed by atoms with Crippen molar-refractivity contribution in [2.24, 2.45) is 0 Å². The zero-order chi connectivity index (χ0) is 25.4. The van der Waals surface area contributed by atoms with E-state index >= 15 is 0 Å². The maximum atomic E-state index is 13.2. The third-order valence-electron chi connectivity index (χ3n) is 6.32. The second-order valence-corrected chi connectivity index (χ2v) is 8.91. The van der Waals surface area contributed by atoms with E-state index in [2.05, 4.69) is 16.1 Å². The average Bonchev–Trinajstić information content (AvgIpc) is 3.44. The fourth-order valence-corrected chi connectivity index (χ4v) is 4.41. The van der Waals surface area contributed by atoms with E-state index in [1.54, 1.807) is 48.2 Å². The van der Waals surface area contributed by atoms with E-state index in [1.165, 1.54) is 7.11 Å². The van der Waals surface area contributed by atoms with Gasteiger partial charge in [-0.05, 0) is 42.8 Å². The van der Waals surface area contributed by atoms with E-state index in [0.29, 0.717) is 34.4 Å². The summed E-state index contributed by atoms with van der Waals surface area (Å²) >= 11 is 0. The number of hydrogen-bond donors (Lipinski definition) is 4. The summed E-state index contributed by atoms with van der Waals surface area (Å²) in [5, 5.41) is 15.4. The number of carbonyl (C=O) groups excluding carboxylic acids is 3. The van der Waals surface area contributed by atoms with E-state index < -0.39 is 17.6 Å². The normalized spacial score (nSPS) is 20.2. The van der Waals surface area contributed by atoms with Crippen LogP contribution < -0.4 is 20.9 Å². The average molecular weight is 495 g/mol. The molecule has 3 amide bonds. The second-order valence-electron chi connectivity index (χ2n) is 8.91. The van der Waals surface area contributed by atoms with Gasteiger partial charge in [-0.15, -0.1) is 0 Å². The van der Waals surface area contributed by atoms with Gasteiger partial charge >= 0.3 is 0 Å². The SMILES string of the molecule is COc1ccc2c(c1)C(=O)N(C[C@@]1(c3cc4ccc(C(=O)NC[C@@H](C)O)cc4o3)NOCNC1=O)C2. The summed E-state index contributed by atoms with van der Waals surface area (Å²) in [5.74, 6) is -0.211. The Hall–Kier alpha value is -3.93. The van der Waals surface area contributed by atoms with E-state index in [1.807, 2.05) is 6.07 Å². The highest BCUT2D eigenvalue weighted by atomic mass is 16.7. The molecule has 2 aliphatic rings. The van der Waals surface area contributed by atoms with Crippen molar-refractivity contribution in [2.45, 2.75) is 25.1 Å². The zero-order valence-electron chi connectivity index (χ0n) is 19.8. The van der Waals surface area contributed by atoms with Gasteiger partial charge in [-0.25, -0.2) is 0 Å². The van der Waals surface area contributed by atoms with E-state index in [0.717, 1.165) is 5.56 Å². The molecule has 1 fully saturated rings. The Morgan fingerprint density at radius 1 is 1.25 bits per heavy atom. The number of carbonyl (C=O) groups is 3. The van der Waals surface area contributed by atoms with Crippen molar-refractivity contribution >= 4 is 28.7 Å². The maximum Gasteiger partial charge on any atom is 0.254 e. The lowest BCUT2D eigenvalue weighted by Crippen LogP contribution is -2.64. The molecule has 11 nitrogen and oxygen atoms in total. The summed E-state index contributed by atoms with van der Waals surface area (Å²) in [6.45, 7) is 1.90. The third kappa shape index (κ3) is 4.17. The molecule has 188 valence electrons. The Labute approximate surface area is 206 Å². The Morgan fingerprint density at radius 3 is 2.83 bits per heavy atom. The molecule has 2 atom stereocenters. The highest BCUT2D eigenvalue weighted by Gasteiger charge is 2.49. The third-order valence-corrected chi connectivity index (χ3v) is 6.32. The van der Waals surface area contributed by atoms with Crippen LogP contribution in [0.2, 0.25) is 0 Å². The van der Waals surface area contributed by atoms with Crippen molar-refractivity contribution < 1.29 is 33.5 Å². The first-order chi connectivity index (χ1) is 17.3. The first-order valence-corrected chi connectivity index (χ1v) is 11.4. The van der Waals surface area contributed by atoms with Crippen LogP contribution in [0.25, 0.3) is 11.0 Å². The number of aliphatic hydroxyl groups is 1. The molecule has 11 heteroatoms. The fraction of sp³-hybridized carbons (Fsp3) is 0.320. The molecule has 4 N–H and O–H groups in total. The van der Waals surface area contributed by atoms with Crippen LogP contribution in [0.15, 0.2) is 46.9 Å². The van der Waals surface area contributed by atoms with Gasteiger partial charge in [0, 0.05) is 29.6 Å². The predicted octanol–water partition coefficient (Wildman–Crippen LogP) is 1.01. The molecule has 0 bridgehead atoms. The monoisotopic (exact) mass is 494 g/mol. The molecule has 0 aliphatic carbocycles. The largest absolute Gasteiger partial charge is 0.497 e. The molecule has 36 heavy (non-hydrogen) atoms. The van der Waals surface area contributed by atoms with E-state index in [-0.39, 0.29) is 37.4 Å². The van der Waals surface area contributed by atoms with Gasteiger partial charge in [0.15, 0.2) is 5.54 Å². The van der Waals surface area contributed by atoms with Gasteiger partial charge < -0.3 is 29.8 Å². The number of aliphatic hydroxyl groups excluding tert-OH is 1. The van der Waals surface area contributed by atoms with Crippen molar-refractivity contribution in [3.05, 3.63) is 64.9 Å². The number of hydroxylamine groups is 1. The van der Waals surface area contributed by atoms with E-state index in [9.17, 15) is 19.5 Å². The van der Waals surface area contributed by atoms with Crippen molar-refractivity contribution in [3.8, 4) is 5.75 Å². The predicted molar refractivity (Wildman–Crippen MR) is 127 cm³/mol. The lowest BCUT2D eigenvalue weighted by atomic mass is 9.94. The molecule has 0 radical (unpaired) electrons. The van der Waals surface area contributed by atoms with Gasteiger partial charge in [-0.3, -0.25) is 19.2 Å². The molecule has 1 saturated heterocycles. The Balaban J connectivity index is 1.47. The summed E-state index contributed by atoms with van der Waals surface area (Å²) in [6.07, 6.45) is -0.677. The van der Waals surface area contributed by atoms with Crippen LogP contribution >= 0.6 is 0 Å². The zero-order valence-corrected chi connectivity index (χ0v) is 19.8. The van der Waals surface area contributed by atoms with Crippen LogP contribution in [0.4, 0.5) is 0 Å². The Morgan fingerprint density at radius 2 is 2.08 bits per heavy atom. The number of hydrogen-bond acceptors (Lipinski definition) is 8. The minimum absolute atomic E-state index is 0.0419. The number of furan rings is 1. The molecule has 3 aromatic rings. The fourth-order valence-electron chi connectivity index (χ4n) is 4.41. The summed E-state index contributed by atoms with van der Waals surface area (Å²) in [4.78, 5) is 45.8. The van der Waals surface area contributed by atoms with E-state index in [4.69, 9.17) is 14.0 Å². The van der Waals surface area contributed by atoms with Crippen LogP contribution in [0.1, 0.15) is 39.0 Å². The lowest BCUT2D eigenvalue weighted by molar-refractivity contribution is -0.154. The lowest BCUT2D eigenvalue weighted by Gasteiger charge is -2.37. The van der Waals surface area contributed by atoms with Gasteiger partial charge in [-0.1, -0.05) is 12.1 Å². The van der Waals surface area contributed by atoms with Crippen LogP contribution in [0, 0.1) is 0 Å². The van der Waals surface area contributed by atoms with Gasteiger partial charge in [-0.2, -0.15) is 5.48 Å². The van der Waals surface area contributed by atoms with Crippen LogP contribution in [-0.2, 0) is 21.7 Å². The summed E-state index contributed by atoms with van der Waals surface area (Å²) in [7, 11) is 1.53. The molecule has 1 aromatic heterocycles. The minimum Gasteiger partial charge on any atom is -0.497 e. The van der Waals surface area contributed by atoms with Crippen molar-refractivity contribution in [1.29, 1.82) is 0 Å². The van der Waals surface area contributed by atoms with Crippen molar-refractivity contribution in [1.82, 2.24) is 21.0 Å². The first-order valence-electron chi connectivity index (χ1n) is 11.4. The highest BCUT2D eigenvalue weighted by Crippen LogP contribution is 2.34. The quantitative estimate of drug-likeness (QED) is 0.381. The number of methoxy groups -OCH3 is 1. The molecule has 5 rings (SSSR count).